The van der Waals surface area contributed by atoms with Gasteiger partial charge in [0.2, 0.25) is 0 Å². The molecular formula is C23H30N4O2. The van der Waals surface area contributed by atoms with Gasteiger partial charge < -0.3 is 15.1 Å². The maximum absolute atomic E-state index is 12.8. The molecule has 0 aliphatic carbocycles. The molecule has 0 spiro atoms. The Morgan fingerprint density at radius 2 is 1.52 bits per heavy atom. The molecule has 1 aliphatic rings. The van der Waals surface area contributed by atoms with Crippen molar-refractivity contribution < 1.29 is 9.59 Å². The van der Waals surface area contributed by atoms with E-state index in [1.54, 1.807) is 24.3 Å². The van der Waals surface area contributed by atoms with E-state index in [4.69, 9.17) is 0 Å². The van der Waals surface area contributed by atoms with Gasteiger partial charge in [0.25, 0.3) is 11.8 Å². The predicted molar refractivity (Wildman–Crippen MR) is 115 cm³/mol. The molecular weight excluding hydrogens is 364 g/mol. The molecule has 154 valence electrons. The van der Waals surface area contributed by atoms with Gasteiger partial charge in [-0.1, -0.05) is 30.3 Å². The molecule has 0 radical (unpaired) electrons. The van der Waals surface area contributed by atoms with Crippen LogP contribution in [0.2, 0.25) is 0 Å². The summed E-state index contributed by atoms with van der Waals surface area (Å²) >= 11 is 0. The Morgan fingerprint density at radius 3 is 2.14 bits per heavy atom. The minimum atomic E-state index is -0.111. The minimum Gasteiger partial charge on any atom is -0.351 e. The van der Waals surface area contributed by atoms with Crippen LogP contribution in [0.5, 0.6) is 0 Å². The van der Waals surface area contributed by atoms with Crippen molar-refractivity contribution >= 4 is 11.8 Å². The van der Waals surface area contributed by atoms with Gasteiger partial charge in [0.05, 0.1) is 0 Å². The molecule has 6 nitrogen and oxygen atoms in total. The molecule has 29 heavy (non-hydrogen) atoms. The summed E-state index contributed by atoms with van der Waals surface area (Å²) in [4.78, 5) is 31.2. The predicted octanol–water partition coefficient (Wildman–Crippen LogP) is 1.94. The van der Waals surface area contributed by atoms with Crippen LogP contribution in [0.3, 0.4) is 0 Å². The van der Waals surface area contributed by atoms with Gasteiger partial charge in [0.1, 0.15) is 0 Å². The molecule has 1 saturated heterocycles. The van der Waals surface area contributed by atoms with Crippen molar-refractivity contribution in [1.82, 2.24) is 20.0 Å². The number of hydrogen-bond acceptors (Lipinski definition) is 4. The molecule has 0 bridgehead atoms. The summed E-state index contributed by atoms with van der Waals surface area (Å²) in [6.45, 7) is 5.48. The van der Waals surface area contributed by atoms with E-state index in [1.807, 2.05) is 30.0 Å². The first-order chi connectivity index (χ1) is 14.0. The summed E-state index contributed by atoms with van der Waals surface area (Å²) < 4.78 is 0. The fourth-order valence-electron chi connectivity index (χ4n) is 3.39. The molecule has 2 aromatic carbocycles. The zero-order valence-electron chi connectivity index (χ0n) is 17.3. The number of carbonyl (C=O) groups excluding carboxylic acids is 2. The molecule has 2 aromatic rings. The highest BCUT2D eigenvalue weighted by Crippen LogP contribution is 2.12. The largest absolute Gasteiger partial charge is 0.351 e. The number of hydrogen-bond donors (Lipinski definition) is 1. The van der Waals surface area contributed by atoms with Crippen LogP contribution in [-0.4, -0.2) is 79.9 Å². The van der Waals surface area contributed by atoms with E-state index in [1.165, 1.54) is 5.56 Å². The van der Waals surface area contributed by atoms with E-state index < -0.39 is 0 Å². The number of nitrogens with zero attached hydrogens (tertiary/aromatic N) is 3. The van der Waals surface area contributed by atoms with Crippen LogP contribution in [0.1, 0.15) is 26.3 Å². The zero-order valence-corrected chi connectivity index (χ0v) is 17.3. The van der Waals surface area contributed by atoms with Crippen LogP contribution in [-0.2, 0) is 6.54 Å². The van der Waals surface area contributed by atoms with Gasteiger partial charge in [-0.15, -0.1) is 0 Å². The standard InChI is InChI=1S/C23H30N4O2/c1-25(2)13-12-24-22(28)20-8-10-21(11-9-20)23(29)27-16-14-26(15-17-27)18-19-6-4-3-5-7-19/h3-11H,12-18H2,1-2H3,(H,24,28). The zero-order chi connectivity index (χ0) is 20.6. The van der Waals surface area contributed by atoms with Crippen LogP contribution in [0, 0.1) is 0 Å². The molecule has 0 unspecified atom stereocenters. The number of benzene rings is 2. The van der Waals surface area contributed by atoms with Crippen LogP contribution in [0.25, 0.3) is 0 Å². The smallest absolute Gasteiger partial charge is 0.253 e. The third-order valence-electron chi connectivity index (χ3n) is 5.15. The van der Waals surface area contributed by atoms with E-state index in [-0.39, 0.29) is 11.8 Å². The number of piperazine rings is 1. The maximum Gasteiger partial charge on any atom is 0.253 e. The molecule has 1 heterocycles. The number of carbonyl (C=O) groups is 2. The van der Waals surface area contributed by atoms with Gasteiger partial charge in [0.15, 0.2) is 0 Å². The van der Waals surface area contributed by atoms with Gasteiger partial charge in [-0.25, -0.2) is 0 Å². The lowest BCUT2D eigenvalue weighted by Crippen LogP contribution is -2.48. The molecule has 1 fully saturated rings. The molecule has 0 saturated carbocycles. The Kier molecular flexibility index (Phi) is 7.38. The highest BCUT2D eigenvalue weighted by molar-refractivity contribution is 5.97. The van der Waals surface area contributed by atoms with E-state index >= 15 is 0 Å². The average molecular weight is 395 g/mol. The van der Waals surface area contributed by atoms with Crippen molar-refractivity contribution in [2.75, 3.05) is 53.4 Å². The van der Waals surface area contributed by atoms with E-state index in [2.05, 4.69) is 34.5 Å². The Morgan fingerprint density at radius 1 is 0.897 bits per heavy atom. The van der Waals surface area contributed by atoms with Crippen LogP contribution in [0.15, 0.2) is 54.6 Å². The maximum atomic E-state index is 12.8. The number of nitrogens with one attached hydrogen (secondary N) is 1. The lowest BCUT2D eigenvalue weighted by atomic mass is 10.1. The summed E-state index contributed by atoms with van der Waals surface area (Å²) in [5, 5.41) is 2.89. The highest BCUT2D eigenvalue weighted by Gasteiger charge is 2.22. The van der Waals surface area contributed by atoms with Gasteiger partial charge in [0, 0.05) is 56.9 Å². The molecule has 3 rings (SSSR count). The normalized spacial score (nSPS) is 14.8. The van der Waals surface area contributed by atoms with Gasteiger partial charge in [-0.3, -0.25) is 14.5 Å². The van der Waals surface area contributed by atoms with Crippen molar-refractivity contribution in [1.29, 1.82) is 0 Å². The van der Waals surface area contributed by atoms with E-state index in [0.717, 1.165) is 39.3 Å². The summed E-state index contributed by atoms with van der Waals surface area (Å²) in [6, 6.07) is 17.4. The Hall–Kier alpha value is -2.70. The first-order valence-corrected chi connectivity index (χ1v) is 10.1. The third kappa shape index (κ3) is 6.14. The number of amides is 2. The molecule has 2 amide bonds. The molecule has 0 atom stereocenters. The van der Waals surface area contributed by atoms with Gasteiger partial charge >= 0.3 is 0 Å². The summed E-state index contributed by atoms with van der Waals surface area (Å²) in [5.41, 5.74) is 2.51. The SMILES string of the molecule is CN(C)CCNC(=O)c1ccc(C(=O)N2CCN(Cc3ccccc3)CC2)cc1. The second-order valence-electron chi connectivity index (χ2n) is 7.69. The molecule has 1 N–H and O–H groups in total. The van der Waals surface area contributed by atoms with Gasteiger partial charge in [-0.2, -0.15) is 0 Å². The number of likely N-dealkylation sites (N-methyl/N-ethyl adjacent to an activating group) is 1. The van der Waals surface area contributed by atoms with Crippen LogP contribution < -0.4 is 5.32 Å². The molecule has 6 heteroatoms. The van der Waals surface area contributed by atoms with E-state index in [0.29, 0.717) is 17.7 Å². The minimum absolute atomic E-state index is 0.0314. The average Bonchev–Trinajstić information content (AvgIpc) is 2.74. The lowest BCUT2D eigenvalue weighted by molar-refractivity contribution is 0.0628. The van der Waals surface area contributed by atoms with E-state index in [9.17, 15) is 9.59 Å². The Balaban J connectivity index is 1.49. The second-order valence-corrected chi connectivity index (χ2v) is 7.69. The van der Waals surface area contributed by atoms with Crippen molar-refractivity contribution in [3.63, 3.8) is 0 Å². The highest BCUT2D eigenvalue weighted by atomic mass is 16.2. The first kappa shape index (κ1) is 21.0. The van der Waals surface area contributed by atoms with Crippen molar-refractivity contribution in [2.45, 2.75) is 6.54 Å². The second kappa shape index (κ2) is 10.2. The molecule has 1 aliphatic heterocycles. The quantitative estimate of drug-likeness (QED) is 0.780. The summed E-state index contributed by atoms with van der Waals surface area (Å²) in [5.74, 6) is -0.0793. The van der Waals surface area contributed by atoms with Gasteiger partial charge in [-0.05, 0) is 43.9 Å². The number of rotatable bonds is 7. The summed E-state index contributed by atoms with van der Waals surface area (Å²) in [6.07, 6.45) is 0. The topological polar surface area (TPSA) is 55.9 Å². The van der Waals surface area contributed by atoms with Crippen LogP contribution >= 0.6 is 0 Å². The van der Waals surface area contributed by atoms with Crippen LogP contribution in [0.4, 0.5) is 0 Å². The Labute approximate surface area is 173 Å². The first-order valence-electron chi connectivity index (χ1n) is 10.1. The fourth-order valence-corrected chi connectivity index (χ4v) is 3.39. The van der Waals surface area contributed by atoms with Crippen molar-refractivity contribution in [3.05, 3.63) is 71.3 Å². The van der Waals surface area contributed by atoms with Crippen molar-refractivity contribution in [3.8, 4) is 0 Å². The monoisotopic (exact) mass is 394 g/mol. The Bertz CT molecular complexity index is 797. The van der Waals surface area contributed by atoms with Crippen molar-refractivity contribution in [2.24, 2.45) is 0 Å². The third-order valence-corrected chi connectivity index (χ3v) is 5.15. The summed E-state index contributed by atoms with van der Waals surface area (Å²) in [7, 11) is 3.93. The fraction of sp³-hybridized carbons (Fsp3) is 0.391. The lowest BCUT2D eigenvalue weighted by Gasteiger charge is -2.34. The molecule has 0 aromatic heterocycles.